The lowest BCUT2D eigenvalue weighted by atomic mass is 9.96. The van der Waals surface area contributed by atoms with Gasteiger partial charge in [0.25, 0.3) is 0 Å². The minimum atomic E-state index is 0.653. The average molecular weight is 381 g/mol. The standard InChI is InChI=1S/C20H33ClN4O/c1-3-22-20(23-11-14-26-4-2)24-15-17-9-12-25(13-10-17)16-18-7-5-6-8-19(18)21/h5-8,17H,3-4,9-16H2,1-2H3,(H2,22,23,24). The number of nitrogens with zero attached hydrogens (tertiary/aromatic N) is 2. The lowest BCUT2D eigenvalue weighted by molar-refractivity contribution is 0.152. The number of hydrogen-bond acceptors (Lipinski definition) is 3. The molecule has 0 atom stereocenters. The van der Waals surface area contributed by atoms with Gasteiger partial charge < -0.3 is 15.4 Å². The van der Waals surface area contributed by atoms with Gasteiger partial charge in [0.2, 0.25) is 0 Å². The molecular weight excluding hydrogens is 348 g/mol. The van der Waals surface area contributed by atoms with E-state index >= 15 is 0 Å². The van der Waals surface area contributed by atoms with Crippen molar-refractivity contribution in [3.05, 3.63) is 34.9 Å². The first-order valence-electron chi connectivity index (χ1n) is 9.78. The fraction of sp³-hybridized carbons (Fsp3) is 0.650. The van der Waals surface area contributed by atoms with Crippen LogP contribution in [0.3, 0.4) is 0 Å². The molecule has 1 aliphatic heterocycles. The molecule has 0 radical (unpaired) electrons. The first-order valence-corrected chi connectivity index (χ1v) is 10.2. The van der Waals surface area contributed by atoms with Crippen molar-refractivity contribution in [2.24, 2.45) is 10.9 Å². The number of halogens is 1. The zero-order chi connectivity index (χ0) is 18.6. The maximum absolute atomic E-state index is 6.28. The van der Waals surface area contributed by atoms with E-state index in [0.717, 1.165) is 56.9 Å². The Morgan fingerprint density at radius 3 is 2.69 bits per heavy atom. The third-order valence-corrected chi connectivity index (χ3v) is 5.02. The van der Waals surface area contributed by atoms with Crippen LogP contribution in [0.25, 0.3) is 0 Å². The number of ether oxygens (including phenoxy) is 1. The van der Waals surface area contributed by atoms with Gasteiger partial charge in [-0.25, -0.2) is 0 Å². The fourth-order valence-electron chi connectivity index (χ4n) is 3.14. The Labute approximate surface area is 163 Å². The Hall–Kier alpha value is -1.30. The predicted octanol–water partition coefficient (Wildman–Crippen LogP) is 3.14. The largest absolute Gasteiger partial charge is 0.380 e. The summed E-state index contributed by atoms with van der Waals surface area (Å²) in [6.07, 6.45) is 2.37. The molecule has 1 fully saturated rings. The predicted molar refractivity (Wildman–Crippen MR) is 110 cm³/mol. The van der Waals surface area contributed by atoms with Gasteiger partial charge >= 0.3 is 0 Å². The van der Waals surface area contributed by atoms with Gasteiger partial charge in [0.15, 0.2) is 5.96 Å². The highest BCUT2D eigenvalue weighted by molar-refractivity contribution is 6.31. The average Bonchev–Trinajstić information content (AvgIpc) is 2.66. The van der Waals surface area contributed by atoms with Crippen LogP contribution in [0.1, 0.15) is 32.3 Å². The van der Waals surface area contributed by atoms with Crippen LogP contribution in [0, 0.1) is 5.92 Å². The molecule has 1 heterocycles. The molecule has 26 heavy (non-hydrogen) atoms. The molecule has 1 aliphatic rings. The summed E-state index contributed by atoms with van der Waals surface area (Å²) >= 11 is 6.28. The summed E-state index contributed by atoms with van der Waals surface area (Å²) in [5.74, 6) is 1.55. The van der Waals surface area contributed by atoms with Gasteiger partial charge in [-0.3, -0.25) is 9.89 Å². The van der Waals surface area contributed by atoms with Crippen LogP contribution in [0.15, 0.2) is 29.3 Å². The first kappa shape index (κ1) is 21.0. The number of aliphatic imine (C=N–C) groups is 1. The molecule has 2 N–H and O–H groups in total. The minimum absolute atomic E-state index is 0.653. The van der Waals surface area contributed by atoms with E-state index in [1.54, 1.807) is 0 Å². The van der Waals surface area contributed by atoms with E-state index in [4.69, 9.17) is 21.3 Å². The van der Waals surface area contributed by atoms with E-state index in [1.807, 2.05) is 19.1 Å². The molecular formula is C20H33ClN4O. The van der Waals surface area contributed by atoms with Crippen molar-refractivity contribution in [1.82, 2.24) is 15.5 Å². The molecule has 6 heteroatoms. The van der Waals surface area contributed by atoms with Crippen LogP contribution < -0.4 is 10.6 Å². The maximum Gasteiger partial charge on any atom is 0.191 e. The van der Waals surface area contributed by atoms with Crippen LogP contribution in [-0.4, -0.2) is 56.8 Å². The van der Waals surface area contributed by atoms with E-state index in [9.17, 15) is 0 Å². The Kier molecular flexibility index (Phi) is 9.82. The molecule has 0 amide bonds. The van der Waals surface area contributed by atoms with Crippen molar-refractivity contribution in [2.75, 3.05) is 45.9 Å². The van der Waals surface area contributed by atoms with Gasteiger partial charge in [-0.05, 0) is 57.3 Å². The van der Waals surface area contributed by atoms with E-state index in [2.05, 4.69) is 34.6 Å². The molecule has 0 unspecified atom stereocenters. The molecule has 0 aliphatic carbocycles. The lowest BCUT2D eigenvalue weighted by Gasteiger charge is -2.31. The van der Waals surface area contributed by atoms with Gasteiger partial charge in [-0.15, -0.1) is 0 Å². The summed E-state index contributed by atoms with van der Waals surface area (Å²) in [6, 6.07) is 8.14. The highest BCUT2D eigenvalue weighted by Gasteiger charge is 2.19. The van der Waals surface area contributed by atoms with E-state index in [0.29, 0.717) is 12.5 Å². The first-order chi connectivity index (χ1) is 12.7. The maximum atomic E-state index is 6.28. The monoisotopic (exact) mass is 380 g/mol. The van der Waals surface area contributed by atoms with Crippen molar-refractivity contribution in [1.29, 1.82) is 0 Å². The van der Waals surface area contributed by atoms with E-state index in [-0.39, 0.29) is 0 Å². The van der Waals surface area contributed by atoms with Crippen molar-refractivity contribution in [3.63, 3.8) is 0 Å². The van der Waals surface area contributed by atoms with E-state index in [1.165, 1.54) is 18.4 Å². The smallest absolute Gasteiger partial charge is 0.191 e. The Morgan fingerprint density at radius 1 is 1.23 bits per heavy atom. The molecule has 1 aromatic rings. The van der Waals surface area contributed by atoms with Crippen molar-refractivity contribution in [3.8, 4) is 0 Å². The zero-order valence-electron chi connectivity index (χ0n) is 16.1. The Bertz CT molecular complexity index is 544. The second-order valence-corrected chi connectivity index (χ2v) is 7.06. The van der Waals surface area contributed by atoms with Gasteiger partial charge in [0.1, 0.15) is 0 Å². The van der Waals surface area contributed by atoms with Gasteiger partial charge in [-0.1, -0.05) is 29.8 Å². The number of likely N-dealkylation sites (tertiary alicyclic amines) is 1. The molecule has 2 rings (SSSR count). The highest BCUT2D eigenvalue weighted by atomic mass is 35.5. The van der Waals surface area contributed by atoms with Crippen LogP contribution in [0.2, 0.25) is 5.02 Å². The number of hydrogen-bond donors (Lipinski definition) is 2. The van der Waals surface area contributed by atoms with Gasteiger partial charge in [-0.2, -0.15) is 0 Å². The second kappa shape index (κ2) is 12.2. The van der Waals surface area contributed by atoms with Crippen LogP contribution in [0.5, 0.6) is 0 Å². The third kappa shape index (κ3) is 7.52. The number of piperidine rings is 1. The molecule has 1 saturated heterocycles. The van der Waals surface area contributed by atoms with E-state index < -0.39 is 0 Å². The third-order valence-electron chi connectivity index (χ3n) is 4.65. The van der Waals surface area contributed by atoms with Crippen LogP contribution >= 0.6 is 11.6 Å². The number of rotatable bonds is 9. The lowest BCUT2D eigenvalue weighted by Crippen LogP contribution is -2.40. The summed E-state index contributed by atoms with van der Waals surface area (Å²) in [6.45, 7) is 11.3. The molecule has 0 saturated carbocycles. The quantitative estimate of drug-likeness (QED) is 0.392. The summed E-state index contributed by atoms with van der Waals surface area (Å²) in [4.78, 5) is 7.25. The number of benzene rings is 1. The zero-order valence-corrected chi connectivity index (χ0v) is 16.9. The van der Waals surface area contributed by atoms with Gasteiger partial charge in [0, 0.05) is 37.8 Å². The fourth-order valence-corrected chi connectivity index (χ4v) is 3.34. The summed E-state index contributed by atoms with van der Waals surface area (Å²) in [7, 11) is 0. The van der Waals surface area contributed by atoms with Crippen molar-refractivity contribution < 1.29 is 4.74 Å². The molecule has 0 aromatic heterocycles. The molecule has 5 nitrogen and oxygen atoms in total. The Balaban J connectivity index is 1.73. The summed E-state index contributed by atoms with van der Waals surface area (Å²) in [5, 5.41) is 7.50. The normalized spacial score (nSPS) is 16.7. The highest BCUT2D eigenvalue weighted by Crippen LogP contribution is 2.22. The molecule has 146 valence electrons. The molecule has 0 spiro atoms. The SMILES string of the molecule is CCNC(=NCC1CCN(Cc2ccccc2Cl)CC1)NCCOCC. The molecule has 0 bridgehead atoms. The van der Waals surface area contributed by atoms with Crippen molar-refractivity contribution in [2.45, 2.75) is 33.2 Å². The van der Waals surface area contributed by atoms with Gasteiger partial charge in [0.05, 0.1) is 6.61 Å². The van der Waals surface area contributed by atoms with Crippen LogP contribution in [-0.2, 0) is 11.3 Å². The van der Waals surface area contributed by atoms with Crippen molar-refractivity contribution >= 4 is 17.6 Å². The number of nitrogens with one attached hydrogen (secondary N) is 2. The topological polar surface area (TPSA) is 48.9 Å². The summed E-state index contributed by atoms with van der Waals surface area (Å²) in [5.41, 5.74) is 1.22. The molecule has 1 aromatic carbocycles. The summed E-state index contributed by atoms with van der Waals surface area (Å²) < 4.78 is 5.37. The second-order valence-electron chi connectivity index (χ2n) is 6.65. The number of guanidine groups is 1. The minimum Gasteiger partial charge on any atom is -0.380 e. The van der Waals surface area contributed by atoms with Crippen LogP contribution in [0.4, 0.5) is 0 Å². The Morgan fingerprint density at radius 2 is 2.00 bits per heavy atom.